The standard InChI is InChI=1S/C40H44N6O8/c1-46(43-38(48)32-17-21-34(22-18-32)40(50)45-52)28-30-12-10-14-36(26-30)54-24-8-6-4-2-3-5-7-23-53-35-13-9-11-29(25-35)27-41-42-37(47)31-15-19-33(20-16-31)39(49)44-51/h9-22,25-28H,2-8,23-24H2,1H3,(H5-,42,43,44,45,47,48,49,50,51,52)/p+1. The third-order valence-corrected chi connectivity index (χ3v) is 8.06. The van der Waals surface area contributed by atoms with Crippen LogP contribution in [0.5, 0.6) is 11.5 Å². The van der Waals surface area contributed by atoms with Crippen LogP contribution in [0.15, 0.2) is 102 Å². The van der Waals surface area contributed by atoms with E-state index < -0.39 is 17.7 Å². The van der Waals surface area contributed by atoms with E-state index in [9.17, 15) is 19.2 Å². The summed E-state index contributed by atoms with van der Waals surface area (Å²) < 4.78 is 13.4. The first-order valence-electron chi connectivity index (χ1n) is 17.5. The Morgan fingerprint density at radius 3 is 1.52 bits per heavy atom. The number of unbranched alkanes of at least 4 members (excludes halogenated alkanes) is 6. The number of hydrazone groups is 2. The first-order chi connectivity index (χ1) is 26.2. The van der Waals surface area contributed by atoms with Gasteiger partial charge < -0.3 is 9.47 Å². The van der Waals surface area contributed by atoms with E-state index in [-0.39, 0.29) is 17.0 Å². The Hall–Kier alpha value is -6.38. The molecule has 0 aromatic heterocycles. The Kier molecular flexibility index (Phi) is 16.4. The van der Waals surface area contributed by atoms with Gasteiger partial charge in [0.05, 0.1) is 19.4 Å². The number of rotatable bonds is 20. The predicted octanol–water partition coefficient (Wildman–Crippen LogP) is 5.28. The molecule has 0 atom stereocenters. The number of amides is 4. The van der Waals surface area contributed by atoms with Gasteiger partial charge in [-0.2, -0.15) is 5.10 Å². The molecule has 0 unspecified atom stereocenters. The second kappa shape index (κ2) is 21.9. The van der Waals surface area contributed by atoms with E-state index in [1.807, 2.05) is 48.5 Å². The highest BCUT2D eigenvalue weighted by Crippen LogP contribution is 2.16. The molecule has 6 N–H and O–H groups in total. The molecular formula is C40H45N6O8+. The normalized spacial score (nSPS) is 11.1. The summed E-state index contributed by atoms with van der Waals surface area (Å²) in [6.07, 6.45) is 10.7. The summed E-state index contributed by atoms with van der Waals surface area (Å²) in [4.78, 5) is 47.8. The fraction of sp³-hybridized carbons (Fsp3) is 0.250. The minimum Gasteiger partial charge on any atom is -0.494 e. The van der Waals surface area contributed by atoms with Gasteiger partial charge in [-0.05, 0) is 97.3 Å². The largest absolute Gasteiger partial charge is 0.494 e. The van der Waals surface area contributed by atoms with Gasteiger partial charge in [0.1, 0.15) is 11.5 Å². The number of benzene rings is 4. The van der Waals surface area contributed by atoms with Crippen LogP contribution in [0.1, 0.15) is 97.5 Å². The Labute approximate surface area is 313 Å². The smallest absolute Gasteiger partial charge is 0.304 e. The summed E-state index contributed by atoms with van der Waals surface area (Å²) in [6.45, 7) is 1.22. The molecule has 14 nitrogen and oxygen atoms in total. The summed E-state index contributed by atoms with van der Waals surface area (Å²) in [5, 5.41) is 21.4. The summed E-state index contributed by atoms with van der Waals surface area (Å²) in [5.41, 5.74) is 11.1. The zero-order chi connectivity index (χ0) is 38.5. The minimum absolute atomic E-state index is 0.223. The average molecular weight is 738 g/mol. The fourth-order valence-electron chi connectivity index (χ4n) is 5.22. The van der Waals surface area contributed by atoms with E-state index in [1.54, 1.807) is 28.9 Å². The van der Waals surface area contributed by atoms with E-state index in [0.717, 1.165) is 67.6 Å². The van der Waals surface area contributed by atoms with E-state index in [2.05, 4.69) is 16.0 Å². The van der Waals surface area contributed by atoms with Crippen LogP contribution < -0.4 is 31.3 Å². The highest BCUT2D eigenvalue weighted by molar-refractivity contribution is 5.98. The lowest BCUT2D eigenvalue weighted by atomic mass is 10.1. The van der Waals surface area contributed by atoms with Gasteiger partial charge in [0, 0.05) is 27.8 Å². The molecule has 0 bridgehead atoms. The van der Waals surface area contributed by atoms with Crippen LogP contribution in [0.4, 0.5) is 0 Å². The molecule has 0 radical (unpaired) electrons. The SMILES string of the molecule is C[N+](=Cc1cccc(OCCCCCCCCCOc2cccc(C=NNC(=O)c3ccc(C(=O)NO)cc3)c2)c1)NC(=O)c1ccc(C(=O)NO)cc1. The minimum atomic E-state index is -0.661. The number of hydrogen-bond acceptors (Lipinski definition) is 9. The molecule has 0 saturated heterocycles. The summed E-state index contributed by atoms with van der Waals surface area (Å²) in [7, 11) is 1.71. The molecule has 54 heavy (non-hydrogen) atoms. The molecule has 0 fully saturated rings. The quantitative estimate of drug-likeness (QED) is 0.0232. The van der Waals surface area contributed by atoms with Crippen molar-refractivity contribution in [2.24, 2.45) is 5.10 Å². The molecule has 4 aromatic rings. The van der Waals surface area contributed by atoms with Gasteiger partial charge in [-0.1, -0.05) is 50.3 Å². The Morgan fingerprint density at radius 2 is 1.02 bits per heavy atom. The van der Waals surface area contributed by atoms with Crippen LogP contribution >= 0.6 is 0 Å². The number of hydroxylamine groups is 2. The van der Waals surface area contributed by atoms with E-state index >= 15 is 0 Å². The summed E-state index contributed by atoms with van der Waals surface area (Å²) in [6, 6.07) is 26.8. The molecule has 0 heterocycles. The van der Waals surface area contributed by atoms with Gasteiger partial charge in [0.2, 0.25) is 6.21 Å². The maximum absolute atomic E-state index is 12.6. The second-order valence-electron chi connectivity index (χ2n) is 12.2. The third-order valence-electron chi connectivity index (χ3n) is 8.06. The first kappa shape index (κ1) is 40.4. The molecule has 4 amide bonds. The average Bonchev–Trinajstić information content (AvgIpc) is 3.19. The highest BCUT2D eigenvalue weighted by Gasteiger charge is 2.12. The Morgan fingerprint density at radius 1 is 0.593 bits per heavy atom. The molecule has 282 valence electrons. The van der Waals surface area contributed by atoms with Gasteiger partial charge in [-0.25, -0.2) is 16.4 Å². The molecule has 4 rings (SSSR count). The van der Waals surface area contributed by atoms with Gasteiger partial charge >= 0.3 is 5.91 Å². The van der Waals surface area contributed by atoms with Crippen molar-refractivity contribution in [2.75, 3.05) is 20.3 Å². The maximum atomic E-state index is 12.6. The lowest BCUT2D eigenvalue weighted by Crippen LogP contribution is -2.33. The van der Waals surface area contributed by atoms with Crippen LogP contribution in [0, 0.1) is 0 Å². The summed E-state index contributed by atoms with van der Waals surface area (Å²) in [5.74, 6) is -0.617. The van der Waals surface area contributed by atoms with Crippen molar-refractivity contribution < 1.29 is 43.8 Å². The number of hydrogen-bond donors (Lipinski definition) is 6. The van der Waals surface area contributed by atoms with Gasteiger partial charge in [0.15, 0.2) is 7.05 Å². The van der Waals surface area contributed by atoms with E-state index in [1.165, 1.54) is 54.7 Å². The first-order valence-corrected chi connectivity index (χ1v) is 17.5. The van der Waals surface area contributed by atoms with E-state index in [0.29, 0.717) is 24.3 Å². The molecule has 14 heteroatoms. The third kappa shape index (κ3) is 13.6. The van der Waals surface area contributed by atoms with Crippen molar-refractivity contribution in [3.05, 3.63) is 130 Å². The molecule has 0 aliphatic heterocycles. The molecule has 0 aliphatic rings. The van der Waals surface area contributed by atoms with Crippen molar-refractivity contribution >= 4 is 36.1 Å². The highest BCUT2D eigenvalue weighted by atomic mass is 16.5. The van der Waals surface area contributed by atoms with Crippen molar-refractivity contribution in [2.45, 2.75) is 44.9 Å². The fourth-order valence-corrected chi connectivity index (χ4v) is 5.22. The van der Waals surface area contributed by atoms with Crippen molar-refractivity contribution in [3.63, 3.8) is 0 Å². The zero-order valence-electron chi connectivity index (χ0n) is 30.0. The van der Waals surface area contributed by atoms with Crippen LogP contribution in [0.25, 0.3) is 0 Å². The monoisotopic (exact) mass is 737 g/mol. The van der Waals surface area contributed by atoms with E-state index in [4.69, 9.17) is 19.9 Å². The van der Waals surface area contributed by atoms with Gasteiger partial charge in [-0.15, -0.1) is 10.1 Å². The molecule has 0 aliphatic carbocycles. The number of carbonyl (C=O) groups is 4. The van der Waals surface area contributed by atoms with Gasteiger partial charge in [-0.3, -0.25) is 29.6 Å². The van der Waals surface area contributed by atoms with Crippen molar-refractivity contribution in [3.8, 4) is 11.5 Å². The number of nitrogens with zero attached hydrogens (tertiary/aromatic N) is 2. The maximum Gasteiger partial charge on any atom is 0.304 e. The van der Waals surface area contributed by atoms with Crippen LogP contribution in [-0.2, 0) is 0 Å². The Bertz CT molecular complexity index is 1910. The number of ether oxygens (including phenoxy) is 2. The second-order valence-corrected chi connectivity index (χ2v) is 12.2. The van der Waals surface area contributed by atoms with Crippen LogP contribution in [0.2, 0.25) is 0 Å². The Balaban J connectivity index is 1.04. The molecule has 0 saturated carbocycles. The number of carbonyl (C=O) groups excluding carboxylic acids is 4. The molecule has 4 aromatic carbocycles. The number of nitrogens with one attached hydrogen (secondary N) is 4. The zero-order valence-corrected chi connectivity index (χ0v) is 30.0. The molecular weight excluding hydrogens is 692 g/mol. The van der Waals surface area contributed by atoms with Crippen molar-refractivity contribution in [1.82, 2.24) is 21.8 Å². The lowest BCUT2D eigenvalue weighted by molar-refractivity contribution is -0.539. The predicted molar refractivity (Wildman–Crippen MR) is 201 cm³/mol. The lowest BCUT2D eigenvalue weighted by Gasteiger charge is -2.08. The van der Waals surface area contributed by atoms with Crippen LogP contribution in [-0.4, -0.2) is 71.4 Å². The van der Waals surface area contributed by atoms with Gasteiger partial charge in [0.25, 0.3) is 17.7 Å². The summed E-state index contributed by atoms with van der Waals surface area (Å²) >= 11 is 0. The number of hydrazine groups is 1. The topological polar surface area (TPSA) is 191 Å². The molecule has 0 spiro atoms. The van der Waals surface area contributed by atoms with Crippen LogP contribution in [0.3, 0.4) is 0 Å². The van der Waals surface area contributed by atoms with Crippen molar-refractivity contribution in [1.29, 1.82) is 0 Å².